The van der Waals surface area contributed by atoms with Gasteiger partial charge in [-0.2, -0.15) is 0 Å². The normalized spacial score (nSPS) is 18.8. The largest absolute Gasteiger partial charge is 0.352 e. The number of nitrogens with one attached hydrogen (secondary N) is 2. The summed E-state index contributed by atoms with van der Waals surface area (Å²) in [4.78, 5) is 28.4. The Morgan fingerprint density at radius 2 is 2.04 bits per heavy atom. The van der Waals surface area contributed by atoms with Gasteiger partial charge < -0.3 is 15.5 Å². The van der Waals surface area contributed by atoms with Crippen LogP contribution in [0, 0.1) is 12.8 Å². The van der Waals surface area contributed by atoms with E-state index in [1.807, 2.05) is 19.1 Å². The number of nitrogens with zero attached hydrogens (tertiary/aromatic N) is 2. The first-order valence-electron chi connectivity index (χ1n) is 9.71. The third-order valence-corrected chi connectivity index (χ3v) is 5.42. The van der Waals surface area contributed by atoms with Crippen molar-refractivity contribution in [3.63, 3.8) is 0 Å². The van der Waals surface area contributed by atoms with Crippen molar-refractivity contribution >= 4 is 17.6 Å². The first-order valence-corrected chi connectivity index (χ1v) is 9.71. The van der Waals surface area contributed by atoms with Crippen molar-refractivity contribution in [2.45, 2.75) is 33.1 Å². The van der Waals surface area contributed by atoms with E-state index in [0.717, 1.165) is 30.1 Å². The van der Waals surface area contributed by atoms with Gasteiger partial charge in [-0.25, -0.2) is 4.79 Å². The summed E-state index contributed by atoms with van der Waals surface area (Å²) in [6.07, 6.45) is 3.55. The molecule has 2 fully saturated rings. The first kappa shape index (κ1) is 18.7. The number of hydrogen-bond acceptors (Lipinski definition) is 3. The van der Waals surface area contributed by atoms with Gasteiger partial charge >= 0.3 is 6.03 Å². The van der Waals surface area contributed by atoms with Crippen molar-refractivity contribution in [3.05, 3.63) is 29.3 Å². The molecule has 6 heteroatoms. The molecule has 0 atom stereocenters. The van der Waals surface area contributed by atoms with Gasteiger partial charge in [-0.05, 0) is 75.5 Å². The molecule has 2 aliphatic heterocycles. The second kappa shape index (κ2) is 8.54. The first-order chi connectivity index (χ1) is 12.5. The lowest BCUT2D eigenvalue weighted by atomic mass is 9.99. The molecule has 0 spiro atoms. The highest BCUT2D eigenvalue weighted by molar-refractivity contribution is 5.97. The Morgan fingerprint density at radius 1 is 1.27 bits per heavy atom. The van der Waals surface area contributed by atoms with Crippen LogP contribution in [0.2, 0.25) is 0 Å². The van der Waals surface area contributed by atoms with E-state index in [1.54, 1.807) is 11.0 Å². The molecule has 0 saturated carbocycles. The second-order valence-electron chi connectivity index (χ2n) is 7.52. The summed E-state index contributed by atoms with van der Waals surface area (Å²) >= 11 is 0. The van der Waals surface area contributed by atoms with E-state index >= 15 is 0 Å². The highest BCUT2D eigenvalue weighted by Crippen LogP contribution is 2.23. The number of amides is 3. The van der Waals surface area contributed by atoms with Crippen LogP contribution in [0.3, 0.4) is 0 Å². The smallest absolute Gasteiger partial charge is 0.322 e. The third-order valence-electron chi connectivity index (χ3n) is 5.42. The van der Waals surface area contributed by atoms with Crippen LogP contribution in [0.4, 0.5) is 10.5 Å². The summed E-state index contributed by atoms with van der Waals surface area (Å²) < 4.78 is 0. The van der Waals surface area contributed by atoms with Crippen molar-refractivity contribution in [2.75, 3.05) is 44.2 Å². The molecule has 142 valence electrons. The van der Waals surface area contributed by atoms with Gasteiger partial charge in [0.15, 0.2) is 0 Å². The maximum Gasteiger partial charge on any atom is 0.322 e. The van der Waals surface area contributed by atoms with E-state index < -0.39 is 0 Å². The fourth-order valence-electron chi connectivity index (χ4n) is 3.69. The lowest BCUT2D eigenvalue weighted by molar-refractivity contribution is 0.0950. The fourth-order valence-corrected chi connectivity index (χ4v) is 3.69. The Hall–Kier alpha value is -2.08. The van der Waals surface area contributed by atoms with E-state index in [1.165, 1.54) is 25.9 Å². The lowest BCUT2D eigenvalue weighted by Crippen LogP contribution is -2.35. The van der Waals surface area contributed by atoms with Crippen LogP contribution in [-0.4, -0.2) is 56.1 Å². The summed E-state index contributed by atoms with van der Waals surface area (Å²) in [5.74, 6) is 0.807. The van der Waals surface area contributed by atoms with Crippen LogP contribution in [0.15, 0.2) is 18.2 Å². The average Bonchev–Trinajstić information content (AvgIpc) is 3.05. The van der Waals surface area contributed by atoms with Gasteiger partial charge in [0.1, 0.15) is 0 Å². The highest BCUT2D eigenvalue weighted by atomic mass is 16.2. The number of carbonyl (C=O) groups is 2. The van der Waals surface area contributed by atoms with E-state index in [2.05, 4.69) is 22.5 Å². The predicted molar refractivity (Wildman–Crippen MR) is 104 cm³/mol. The number of carbonyl (C=O) groups excluding carboxylic acids is 2. The number of aryl methyl sites for hydroxylation is 1. The molecular weight excluding hydrogens is 328 g/mol. The Balaban J connectivity index is 1.46. The monoisotopic (exact) mass is 358 g/mol. The highest BCUT2D eigenvalue weighted by Gasteiger charge is 2.23. The lowest BCUT2D eigenvalue weighted by Gasteiger charge is -2.30. The molecule has 1 aromatic carbocycles. The summed E-state index contributed by atoms with van der Waals surface area (Å²) in [7, 11) is 0. The molecule has 0 aliphatic carbocycles. The number of urea groups is 1. The van der Waals surface area contributed by atoms with Gasteiger partial charge in [-0.1, -0.05) is 6.92 Å². The quantitative estimate of drug-likeness (QED) is 0.768. The second-order valence-corrected chi connectivity index (χ2v) is 7.52. The minimum atomic E-state index is -0.0718. The van der Waals surface area contributed by atoms with Crippen LogP contribution < -0.4 is 15.5 Å². The zero-order valence-electron chi connectivity index (χ0n) is 15.9. The standard InChI is InChI=1S/C20H30N4O2/c1-15-6-11-23(12-7-15)10-3-8-21-19(25)17-4-5-18(16(2)14-17)24-13-9-22-20(24)26/h4-5,14-15H,3,6-13H2,1-2H3,(H,21,25)(H,22,26). The maximum absolute atomic E-state index is 12.4. The van der Waals surface area contributed by atoms with Gasteiger partial charge in [0.05, 0.1) is 0 Å². The Morgan fingerprint density at radius 3 is 2.69 bits per heavy atom. The average molecular weight is 358 g/mol. The minimum Gasteiger partial charge on any atom is -0.352 e. The third kappa shape index (κ3) is 4.55. The zero-order valence-corrected chi connectivity index (χ0v) is 15.9. The molecule has 0 bridgehead atoms. The van der Waals surface area contributed by atoms with Crippen LogP contribution in [0.25, 0.3) is 0 Å². The Kier molecular flexibility index (Phi) is 6.14. The van der Waals surface area contributed by atoms with Crippen molar-refractivity contribution < 1.29 is 9.59 Å². The van der Waals surface area contributed by atoms with Gasteiger partial charge in [-0.15, -0.1) is 0 Å². The van der Waals surface area contributed by atoms with Crippen molar-refractivity contribution in [3.8, 4) is 0 Å². The number of likely N-dealkylation sites (tertiary alicyclic amines) is 1. The fraction of sp³-hybridized carbons (Fsp3) is 0.600. The Bertz CT molecular complexity index is 653. The molecule has 1 aromatic rings. The molecule has 0 aromatic heterocycles. The van der Waals surface area contributed by atoms with Gasteiger partial charge in [0.2, 0.25) is 0 Å². The number of benzene rings is 1. The summed E-state index contributed by atoms with van der Waals surface area (Å²) in [6, 6.07) is 5.46. The molecule has 26 heavy (non-hydrogen) atoms. The molecule has 2 N–H and O–H groups in total. The van der Waals surface area contributed by atoms with E-state index in [4.69, 9.17) is 0 Å². The van der Waals surface area contributed by atoms with E-state index in [-0.39, 0.29) is 11.9 Å². The topological polar surface area (TPSA) is 64.7 Å². The number of piperidine rings is 1. The van der Waals surface area contributed by atoms with Crippen LogP contribution >= 0.6 is 0 Å². The van der Waals surface area contributed by atoms with E-state index in [9.17, 15) is 9.59 Å². The van der Waals surface area contributed by atoms with Gasteiger partial charge in [0.25, 0.3) is 5.91 Å². The SMILES string of the molecule is Cc1cc(C(=O)NCCCN2CCC(C)CC2)ccc1N1CCNC1=O. The van der Waals surface area contributed by atoms with Crippen molar-refractivity contribution in [1.82, 2.24) is 15.5 Å². The van der Waals surface area contributed by atoms with Gasteiger partial charge in [0, 0.05) is 30.9 Å². The summed E-state index contributed by atoms with van der Waals surface area (Å²) in [5, 5.41) is 5.81. The molecule has 3 amide bonds. The zero-order chi connectivity index (χ0) is 18.5. The van der Waals surface area contributed by atoms with Crippen LogP contribution in [0.1, 0.15) is 42.1 Å². The van der Waals surface area contributed by atoms with E-state index in [0.29, 0.717) is 25.2 Å². The summed E-state index contributed by atoms with van der Waals surface area (Å²) in [6.45, 7) is 9.70. The molecular formula is C20H30N4O2. The molecule has 2 heterocycles. The number of anilines is 1. The Labute approximate surface area is 155 Å². The molecule has 2 aliphatic rings. The van der Waals surface area contributed by atoms with Crippen molar-refractivity contribution in [2.24, 2.45) is 5.92 Å². The molecule has 3 rings (SSSR count). The minimum absolute atomic E-state index is 0.0437. The van der Waals surface area contributed by atoms with Crippen LogP contribution in [0.5, 0.6) is 0 Å². The molecule has 0 radical (unpaired) electrons. The van der Waals surface area contributed by atoms with Crippen LogP contribution in [-0.2, 0) is 0 Å². The number of rotatable bonds is 6. The summed E-state index contributed by atoms with van der Waals surface area (Å²) in [5.41, 5.74) is 2.46. The van der Waals surface area contributed by atoms with Gasteiger partial charge in [-0.3, -0.25) is 9.69 Å². The molecule has 0 unspecified atom stereocenters. The number of hydrogen-bond donors (Lipinski definition) is 2. The molecule has 6 nitrogen and oxygen atoms in total. The maximum atomic E-state index is 12.4. The predicted octanol–water partition coefficient (Wildman–Crippen LogP) is 2.38. The molecule has 2 saturated heterocycles. The van der Waals surface area contributed by atoms with Crippen molar-refractivity contribution in [1.29, 1.82) is 0 Å².